The molecule has 2 aromatic carbocycles. The first kappa shape index (κ1) is 15.9. The van der Waals surface area contributed by atoms with Gasteiger partial charge in [-0.3, -0.25) is 4.79 Å². The average Bonchev–Trinajstić information content (AvgIpc) is 3.11. The van der Waals surface area contributed by atoms with E-state index >= 15 is 0 Å². The van der Waals surface area contributed by atoms with E-state index in [1.54, 1.807) is 17.0 Å². The standard InChI is InChI=1S/C19H16F2N2O/c20-16-9-8-15(13-17(16)21)22-19(24)18(23-10-4-5-11-23)12-14-6-2-1-3-7-14/h1-11,13,18H,12H2,(H,22,24). The zero-order valence-electron chi connectivity index (χ0n) is 12.8. The van der Waals surface area contributed by atoms with Gasteiger partial charge in [-0.05, 0) is 29.8 Å². The Bertz CT molecular complexity index is 817. The number of amides is 1. The van der Waals surface area contributed by atoms with E-state index in [2.05, 4.69) is 5.32 Å². The number of hydrogen-bond donors (Lipinski definition) is 1. The number of anilines is 1. The molecule has 1 aromatic heterocycles. The van der Waals surface area contributed by atoms with Crippen LogP contribution < -0.4 is 5.32 Å². The molecule has 0 bridgehead atoms. The lowest BCUT2D eigenvalue weighted by Crippen LogP contribution is -2.27. The summed E-state index contributed by atoms with van der Waals surface area (Å²) in [6.07, 6.45) is 4.10. The first-order valence-corrected chi connectivity index (χ1v) is 7.56. The smallest absolute Gasteiger partial charge is 0.247 e. The topological polar surface area (TPSA) is 34.0 Å². The van der Waals surface area contributed by atoms with E-state index in [0.717, 1.165) is 17.7 Å². The number of aromatic nitrogens is 1. The van der Waals surface area contributed by atoms with Gasteiger partial charge in [-0.1, -0.05) is 30.3 Å². The van der Waals surface area contributed by atoms with Crippen LogP contribution in [0.4, 0.5) is 14.5 Å². The normalized spacial score (nSPS) is 11.9. The lowest BCUT2D eigenvalue weighted by atomic mass is 10.0. The van der Waals surface area contributed by atoms with Crippen molar-refractivity contribution in [2.24, 2.45) is 0 Å². The summed E-state index contributed by atoms with van der Waals surface area (Å²) in [6, 6.07) is 16.1. The van der Waals surface area contributed by atoms with Crippen LogP contribution in [0.15, 0.2) is 73.1 Å². The molecular weight excluding hydrogens is 310 g/mol. The van der Waals surface area contributed by atoms with Crippen LogP contribution in [0.1, 0.15) is 11.6 Å². The van der Waals surface area contributed by atoms with Crippen LogP contribution in [0.2, 0.25) is 0 Å². The molecule has 0 aliphatic rings. The Morgan fingerprint density at radius 2 is 1.67 bits per heavy atom. The number of nitrogens with zero attached hydrogens (tertiary/aromatic N) is 1. The molecule has 1 amide bonds. The lowest BCUT2D eigenvalue weighted by Gasteiger charge is -2.19. The van der Waals surface area contributed by atoms with E-state index in [1.807, 2.05) is 42.5 Å². The van der Waals surface area contributed by atoms with E-state index < -0.39 is 17.7 Å². The van der Waals surface area contributed by atoms with Crippen molar-refractivity contribution < 1.29 is 13.6 Å². The van der Waals surface area contributed by atoms with Gasteiger partial charge in [-0.25, -0.2) is 8.78 Å². The molecule has 3 aromatic rings. The van der Waals surface area contributed by atoms with Gasteiger partial charge in [0.2, 0.25) is 5.91 Å². The highest BCUT2D eigenvalue weighted by Crippen LogP contribution is 2.19. The molecule has 5 heteroatoms. The molecule has 0 saturated carbocycles. The summed E-state index contributed by atoms with van der Waals surface area (Å²) < 4.78 is 28.1. The number of carbonyl (C=O) groups excluding carboxylic acids is 1. The Morgan fingerprint density at radius 3 is 2.33 bits per heavy atom. The quantitative estimate of drug-likeness (QED) is 0.749. The highest BCUT2D eigenvalue weighted by atomic mass is 19.2. The van der Waals surface area contributed by atoms with E-state index in [-0.39, 0.29) is 11.6 Å². The van der Waals surface area contributed by atoms with Gasteiger partial charge < -0.3 is 9.88 Å². The molecule has 24 heavy (non-hydrogen) atoms. The molecule has 3 nitrogen and oxygen atoms in total. The number of nitrogens with one attached hydrogen (secondary N) is 1. The maximum atomic E-state index is 13.3. The second kappa shape index (κ2) is 7.08. The van der Waals surface area contributed by atoms with Gasteiger partial charge >= 0.3 is 0 Å². The van der Waals surface area contributed by atoms with Crippen molar-refractivity contribution in [2.45, 2.75) is 12.5 Å². The van der Waals surface area contributed by atoms with E-state index in [9.17, 15) is 13.6 Å². The third kappa shape index (κ3) is 3.68. The Kier molecular flexibility index (Phi) is 4.70. The second-order valence-corrected chi connectivity index (χ2v) is 5.45. The van der Waals surface area contributed by atoms with E-state index in [4.69, 9.17) is 0 Å². The molecule has 122 valence electrons. The van der Waals surface area contributed by atoms with Crippen molar-refractivity contribution in [3.63, 3.8) is 0 Å². The Morgan fingerprint density at radius 1 is 0.958 bits per heavy atom. The number of halogens is 2. The Hall–Kier alpha value is -2.95. The minimum Gasteiger partial charge on any atom is -0.342 e. The number of benzene rings is 2. The molecule has 0 radical (unpaired) electrons. The molecule has 3 rings (SSSR count). The molecule has 1 unspecified atom stereocenters. The van der Waals surface area contributed by atoms with Crippen LogP contribution in [0.25, 0.3) is 0 Å². The summed E-state index contributed by atoms with van der Waals surface area (Å²) in [5, 5.41) is 2.65. The van der Waals surface area contributed by atoms with Crippen molar-refractivity contribution in [1.82, 2.24) is 4.57 Å². The summed E-state index contributed by atoms with van der Waals surface area (Å²) in [5.41, 5.74) is 1.24. The van der Waals surface area contributed by atoms with Crippen molar-refractivity contribution >= 4 is 11.6 Å². The summed E-state index contributed by atoms with van der Waals surface area (Å²) >= 11 is 0. The van der Waals surface area contributed by atoms with Gasteiger partial charge in [0, 0.05) is 30.6 Å². The molecule has 0 fully saturated rings. The first-order chi connectivity index (χ1) is 11.6. The van der Waals surface area contributed by atoms with Crippen molar-refractivity contribution in [3.8, 4) is 0 Å². The molecule has 1 atom stereocenters. The van der Waals surface area contributed by atoms with Gasteiger partial charge in [-0.2, -0.15) is 0 Å². The predicted molar refractivity (Wildman–Crippen MR) is 88.6 cm³/mol. The minimum atomic E-state index is -0.992. The number of rotatable bonds is 5. The maximum Gasteiger partial charge on any atom is 0.247 e. The largest absolute Gasteiger partial charge is 0.342 e. The van der Waals surface area contributed by atoms with Crippen LogP contribution in [0.5, 0.6) is 0 Å². The average molecular weight is 326 g/mol. The minimum absolute atomic E-state index is 0.226. The third-order valence-electron chi connectivity index (χ3n) is 3.75. The van der Waals surface area contributed by atoms with Crippen LogP contribution in [0, 0.1) is 11.6 Å². The van der Waals surface area contributed by atoms with Crippen LogP contribution in [0.3, 0.4) is 0 Å². The predicted octanol–water partition coefficient (Wildman–Crippen LogP) is 4.19. The molecule has 0 spiro atoms. The molecule has 0 aliphatic heterocycles. The molecule has 0 saturated heterocycles. The number of carbonyl (C=O) groups is 1. The zero-order valence-corrected chi connectivity index (χ0v) is 12.8. The maximum absolute atomic E-state index is 13.3. The summed E-state index contributed by atoms with van der Waals surface area (Å²) in [5.74, 6) is -2.23. The monoisotopic (exact) mass is 326 g/mol. The zero-order chi connectivity index (χ0) is 16.9. The van der Waals surface area contributed by atoms with Crippen LogP contribution in [-0.4, -0.2) is 10.5 Å². The molecule has 0 aliphatic carbocycles. The van der Waals surface area contributed by atoms with Crippen LogP contribution >= 0.6 is 0 Å². The van der Waals surface area contributed by atoms with Gasteiger partial charge in [0.05, 0.1) is 0 Å². The SMILES string of the molecule is O=C(Nc1ccc(F)c(F)c1)C(Cc1ccccc1)n1cccc1. The Balaban J connectivity index is 1.82. The lowest BCUT2D eigenvalue weighted by molar-refractivity contribution is -0.119. The van der Waals surface area contributed by atoms with Gasteiger partial charge in [0.15, 0.2) is 11.6 Å². The fourth-order valence-electron chi connectivity index (χ4n) is 2.53. The van der Waals surface area contributed by atoms with Crippen LogP contribution in [-0.2, 0) is 11.2 Å². The van der Waals surface area contributed by atoms with Crippen molar-refractivity contribution in [2.75, 3.05) is 5.32 Å². The van der Waals surface area contributed by atoms with E-state index in [1.165, 1.54) is 6.07 Å². The summed E-state index contributed by atoms with van der Waals surface area (Å²) in [7, 11) is 0. The van der Waals surface area contributed by atoms with Crippen molar-refractivity contribution in [3.05, 3.63) is 90.3 Å². The first-order valence-electron chi connectivity index (χ1n) is 7.56. The second-order valence-electron chi connectivity index (χ2n) is 5.45. The van der Waals surface area contributed by atoms with E-state index in [0.29, 0.717) is 6.42 Å². The molecule has 1 N–H and O–H groups in total. The third-order valence-corrected chi connectivity index (χ3v) is 3.75. The highest BCUT2D eigenvalue weighted by molar-refractivity contribution is 5.93. The van der Waals surface area contributed by atoms with Crippen molar-refractivity contribution in [1.29, 1.82) is 0 Å². The molecule has 1 heterocycles. The Labute approximate surface area is 138 Å². The fraction of sp³-hybridized carbons (Fsp3) is 0.105. The summed E-state index contributed by atoms with van der Waals surface area (Å²) in [4.78, 5) is 12.7. The number of hydrogen-bond acceptors (Lipinski definition) is 1. The molecular formula is C19H16F2N2O. The van der Waals surface area contributed by atoms with Gasteiger partial charge in [-0.15, -0.1) is 0 Å². The van der Waals surface area contributed by atoms with Gasteiger partial charge in [0.25, 0.3) is 0 Å². The summed E-state index contributed by atoms with van der Waals surface area (Å²) in [6.45, 7) is 0. The highest BCUT2D eigenvalue weighted by Gasteiger charge is 2.20. The van der Waals surface area contributed by atoms with Gasteiger partial charge in [0.1, 0.15) is 6.04 Å². The fourth-order valence-corrected chi connectivity index (χ4v) is 2.53.